The molecule has 1 fully saturated rings. The highest BCUT2D eigenvalue weighted by Crippen LogP contribution is 2.17. The van der Waals surface area contributed by atoms with Crippen LogP contribution < -0.4 is 10.1 Å². The van der Waals surface area contributed by atoms with Gasteiger partial charge in [0.1, 0.15) is 17.9 Å². The summed E-state index contributed by atoms with van der Waals surface area (Å²) in [6, 6.07) is 6.73. The molecule has 2 rings (SSSR count). The number of rotatable bonds is 9. The molecule has 0 spiro atoms. The van der Waals surface area contributed by atoms with Crippen molar-refractivity contribution in [3.05, 3.63) is 29.8 Å². The Morgan fingerprint density at radius 2 is 2.00 bits per heavy atom. The fourth-order valence-corrected chi connectivity index (χ4v) is 2.56. The third-order valence-electron chi connectivity index (χ3n) is 3.68. The minimum absolute atomic E-state index is 0.214. The summed E-state index contributed by atoms with van der Waals surface area (Å²) in [5, 5.41) is 12.4. The molecule has 5 nitrogen and oxygen atoms in total. The van der Waals surface area contributed by atoms with Gasteiger partial charge in [-0.25, -0.2) is 4.79 Å². The van der Waals surface area contributed by atoms with Gasteiger partial charge in [0.25, 0.3) is 0 Å². The Kier molecular flexibility index (Phi) is 6.50. The predicted octanol–water partition coefficient (Wildman–Crippen LogP) is 1.84. The molecule has 0 radical (unpaired) electrons. The lowest BCUT2D eigenvalue weighted by Gasteiger charge is -2.14. The number of hydrogen-bond acceptors (Lipinski definition) is 4. The van der Waals surface area contributed by atoms with E-state index >= 15 is 0 Å². The lowest BCUT2D eigenvalue weighted by molar-refractivity contribution is 0.0692. The molecule has 1 aliphatic rings. The van der Waals surface area contributed by atoms with Crippen LogP contribution in [0.2, 0.25) is 0 Å². The van der Waals surface area contributed by atoms with Crippen molar-refractivity contribution in [2.75, 3.05) is 39.3 Å². The molecule has 1 saturated heterocycles. The molecule has 21 heavy (non-hydrogen) atoms. The number of nitrogens with zero attached hydrogens (tertiary/aromatic N) is 1. The van der Waals surface area contributed by atoms with Gasteiger partial charge in [-0.1, -0.05) is 12.1 Å². The Balaban J connectivity index is 1.56. The number of carbonyl (C=O) groups is 1. The maximum absolute atomic E-state index is 11.0. The van der Waals surface area contributed by atoms with Crippen molar-refractivity contribution in [3.8, 4) is 5.75 Å². The fraction of sp³-hybridized carbons (Fsp3) is 0.562. The number of ether oxygens (including phenoxy) is 1. The van der Waals surface area contributed by atoms with Crippen molar-refractivity contribution in [2.24, 2.45) is 0 Å². The summed E-state index contributed by atoms with van der Waals surface area (Å²) < 4.78 is 5.52. The van der Waals surface area contributed by atoms with Gasteiger partial charge in [-0.3, -0.25) is 0 Å². The quantitative estimate of drug-likeness (QED) is 0.680. The van der Waals surface area contributed by atoms with Crippen molar-refractivity contribution in [1.29, 1.82) is 0 Å². The lowest BCUT2D eigenvalue weighted by atomic mass is 10.2. The molecule has 1 aromatic carbocycles. The van der Waals surface area contributed by atoms with Crippen molar-refractivity contribution < 1.29 is 14.6 Å². The summed E-state index contributed by atoms with van der Waals surface area (Å²) in [6.45, 7) is 5.84. The molecule has 0 aliphatic carbocycles. The van der Waals surface area contributed by atoms with Gasteiger partial charge >= 0.3 is 5.97 Å². The Bertz CT molecular complexity index is 445. The largest absolute Gasteiger partial charge is 0.491 e. The minimum atomic E-state index is -0.954. The van der Waals surface area contributed by atoms with E-state index in [-0.39, 0.29) is 5.56 Å². The van der Waals surface area contributed by atoms with Crippen LogP contribution >= 0.6 is 0 Å². The van der Waals surface area contributed by atoms with Gasteiger partial charge in [-0.2, -0.15) is 0 Å². The number of benzene rings is 1. The zero-order valence-electron chi connectivity index (χ0n) is 12.4. The number of para-hydroxylation sites is 1. The first-order valence-corrected chi connectivity index (χ1v) is 7.65. The summed E-state index contributed by atoms with van der Waals surface area (Å²) in [5.74, 6) is -0.520. The molecule has 5 heteroatoms. The average molecular weight is 292 g/mol. The number of carboxylic acid groups (broad SMARTS) is 1. The van der Waals surface area contributed by atoms with Gasteiger partial charge in [0.2, 0.25) is 0 Å². The van der Waals surface area contributed by atoms with Crippen LogP contribution in [0.1, 0.15) is 29.6 Å². The van der Waals surface area contributed by atoms with E-state index in [0.717, 1.165) is 26.1 Å². The van der Waals surface area contributed by atoms with Crippen molar-refractivity contribution >= 4 is 5.97 Å². The first-order chi connectivity index (χ1) is 10.3. The summed E-state index contributed by atoms with van der Waals surface area (Å²) in [6.07, 6.45) is 3.82. The second kappa shape index (κ2) is 8.64. The second-order valence-corrected chi connectivity index (χ2v) is 5.30. The van der Waals surface area contributed by atoms with Crippen LogP contribution in [0.4, 0.5) is 0 Å². The normalized spacial score (nSPS) is 15.2. The lowest BCUT2D eigenvalue weighted by Crippen LogP contribution is -2.27. The topological polar surface area (TPSA) is 61.8 Å². The third kappa shape index (κ3) is 5.36. The molecule has 0 atom stereocenters. The highest BCUT2D eigenvalue weighted by Gasteiger charge is 2.10. The smallest absolute Gasteiger partial charge is 0.339 e. The van der Waals surface area contributed by atoms with Crippen LogP contribution in [-0.4, -0.2) is 55.3 Å². The van der Waals surface area contributed by atoms with Gasteiger partial charge in [0.05, 0.1) is 0 Å². The van der Waals surface area contributed by atoms with E-state index in [4.69, 9.17) is 9.84 Å². The molecule has 0 bridgehead atoms. The summed E-state index contributed by atoms with van der Waals surface area (Å²) in [7, 11) is 0. The predicted molar refractivity (Wildman–Crippen MR) is 82.1 cm³/mol. The van der Waals surface area contributed by atoms with Crippen LogP contribution in [0.15, 0.2) is 24.3 Å². The molecule has 116 valence electrons. The zero-order chi connectivity index (χ0) is 14.9. The highest BCUT2D eigenvalue weighted by atomic mass is 16.5. The number of hydrogen-bond donors (Lipinski definition) is 2. The van der Waals surface area contributed by atoms with E-state index < -0.39 is 5.97 Å². The molecule has 0 aromatic heterocycles. The third-order valence-corrected chi connectivity index (χ3v) is 3.68. The van der Waals surface area contributed by atoms with Gasteiger partial charge in [-0.05, 0) is 57.6 Å². The second-order valence-electron chi connectivity index (χ2n) is 5.30. The number of likely N-dealkylation sites (tertiary alicyclic amines) is 1. The van der Waals surface area contributed by atoms with Crippen LogP contribution in [0.3, 0.4) is 0 Å². The number of nitrogens with one attached hydrogen (secondary N) is 1. The summed E-state index contributed by atoms with van der Waals surface area (Å²) in [4.78, 5) is 13.5. The van der Waals surface area contributed by atoms with Gasteiger partial charge in [0.15, 0.2) is 0 Å². The van der Waals surface area contributed by atoms with E-state index in [1.165, 1.54) is 25.9 Å². The SMILES string of the molecule is O=C(O)c1ccccc1OCCNCCCN1CCCC1. The van der Waals surface area contributed by atoms with E-state index in [1.807, 2.05) is 0 Å². The maximum Gasteiger partial charge on any atom is 0.339 e. The molecule has 0 amide bonds. The van der Waals surface area contributed by atoms with Crippen LogP contribution in [-0.2, 0) is 0 Å². The van der Waals surface area contributed by atoms with E-state index in [2.05, 4.69) is 10.2 Å². The van der Waals surface area contributed by atoms with Crippen LogP contribution in [0.5, 0.6) is 5.75 Å². The molecule has 0 unspecified atom stereocenters. The molecular formula is C16H24N2O3. The van der Waals surface area contributed by atoms with E-state index in [9.17, 15) is 4.79 Å². The summed E-state index contributed by atoms with van der Waals surface area (Å²) >= 11 is 0. The van der Waals surface area contributed by atoms with E-state index in [1.54, 1.807) is 24.3 Å². The minimum Gasteiger partial charge on any atom is -0.491 e. The molecule has 1 aromatic rings. The molecule has 2 N–H and O–H groups in total. The van der Waals surface area contributed by atoms with Crippen LogP contribution in [0.25, 0.3) is 0 Å². The Morgan fingerprint density at radius 1 is 1.24 bits per heavy atom. The Labute approximate surface area is 125 Å². The molecule has 1 heterocycles. The van der Waals surface area contributed by atoms with Gasteiger partial charge in [-0.15, -0.1) is 0 Å². The maximum atomic E-state index is 11.0. The fourth-order valence-electron chi connectivity index (χ4n) is 2.56. The van der Waals surface area contributed by atoms with Crippen molar-refractivity contribution in [1.82, 2.24) is 10.2 Å². The zero-order valence-corrected chi connectivity index (χ0v) is 12.4. The van der Waals surface area contributed by atoms with Gasteiger partial charge in [0, 0.05) is 6.54 Å². The van der Waals surface area contributed by atoms with Gasteiger partial charge < -0.3 is 20.1 Å². The summed E-state index contributed by atoms with van der Waals surface area (Å²) in [5.41, 5.74) is 0.214. The number of aromatic carboxylic acids is 1. The molecule has 0 saturated carbocycles. The van der Waals surface area contributed by atoms with Crippen LogP contribution in [0, 0.1) is 0 Å². The van der Waals surface area contributed by atoms with E-state index in [0.29, 0.717) is 12.4 Å². The first-order valence-electron chi connectivity index (χ1n) is 7.65. The molecular weight excluding hydrogens is 268 g/mol. The average Bonchev–Trinajstić information content (AvgIpc) is 3.00. The first kappa shape index (κ1) is 15.8. The Morgan fingerprint density at radius 3 is 2.76 bits per heavy atom. The Hall–Kier alpha value is -1.59. The number of carboxylic acids is 1. The highest BCUT2D eigenvalue weighted by molar-refractivity contribution is 5.90. The monoisotopic (exact) mass is 292 g/mol. The van der Waals surface area contributed by atoms with Crippen molar-refractivity contribution in [2.45, 2.75) is 19.3 Å². The molecule has 1 aliphatic heterocycles. The van der Waals surface area contributed by atoms with Crippen molar-refractivity contribution in [3.63, 3.8) is 0 Å². The standard InChI is InChI=1S/C16H24N2O3/c19-16(20)14-6-1-2-7-15(14)21-13-9-17-8-5-12-18-10-3-4-11-18/h1-2,6-7,17H,3-5,8-13H2,(H,19,20).